The molecule has 1 N–H and O–H groups in total. The lowest BCUT2D eigenvalue weighted by Crippen LogP contribution is -2.40. The smallest absolute Gasteiger partial charge is 0.418 e. The number of amides is 2. The molecule has 0 bridgehead atoms. The van der Waals surface area contributed by atoms with E-state index in [1.165, 1.54) is 23.1 Å². The van der Waals surface area contributed by atoms with E-state index in [-0.39, 0.29) is 12.2 Å². The Morgan fingerprint density at radius 2 is 1.66 bits per heavy atom. The first-order valence-corrected chi connectivity index (χ1v) is 12.6. The van der Waals surface area contributed by atoms with Crippen LogP contribution in [0.2, 0.25) is 0 Å². The van der Waals surface area contributed by atoms with Crippen molar-refractivity contribution in [2.75, 3.05) is 38.6 Å². The minimum Gasteiger partial charge on any atom is -0.493 e. The number of anilines is 1. The van der Waals surface area contributed by atoms with Gasteiger partial charge in [-0.05, 0) is 61.3 Å². The number of carbonyl (C=O) groups excluding carboxylic acids is 1. The number of methoxy groups -OCH3 is 1. The van der Waals surface area contributed by atoms with E-state index in [2.05, 4.69) is 10.2 Å². The van der Waals surface area contributed by atoms with Gasteiger partial charge in [-0.15, -0.1) is 0 Å². The lowest BCUT2D eigenvalue weighted by atomic mass is 10.1. The van der Waals surface area contributed by atoms with Crippen molar-refractivity contribution in [3.8, 4) is 11.5 Å². The Balaban J connectivity index is 1.52. The number of rotatable bonds is 10. The highest BCUT2D eigenvalue weighted by molar-refractivity contribution is 5.90. The third kappa shape index (κ3) is 7.41. The van der Waals surface area contributed by atoms with Crippen LogP contribution >= 0.6 is 0 Å². The van der Waals surface area contributed by atoms with Gasteiger partial charge in [0.05, 0.1) is 18.4 Å². The van der Waals surface area contributed by atoms with Gasteiger partial charge in [-0.1, -0.05) is 48.5 Å². The van der Waals surface area contributed by atoms with Crippen molar-refractivity contribution in [3.05, 3.63) is 89.5 Å². The number of hydrogen-bond donors (Lipinski definition) is 1. The lowest BCUT2D eigenvalue weighted by Gasteiger charge is -2.27. The van der Waals surface area contributed by atoms with E-state index in [1.54, 1.807) is 13.2 Å². The standard InChI is InChI=1S/C29H32F3N3O3/c1-37-26-14-13-23(19-27(26)38-21-22-9-3-2-4-10-22)20-35(18-17-34-15-7-8-16-34)28(36)33-25-12-6-5-11-24(25)29(30,31)32/h2-6,9-14,19H,7-8,15-18,20-21H2,1H3,(H,33,36). The van der Waals surface area contributed by atoms with Crippen molar-refractivity contribution in [1.82, 2.24) is 9.80 Å². The number of hydrogen-bond acceptors (Lipinski definition) is 4. The van der Waals surface area contributed by atoms with Crippen LogP contribution < -0.4 is 14.8 Å². The fourth-order valence-electron chi connectivity index (χ4n) is 4.44. The van der Waals surface area contributed by atoms with Crippen LogP contribution in [0.4, 0.5) is 23.7 Å². The zero-order chi connectivity index (χ0) is 27.0. The third-order valence-electron chi connectivity index (χ3n) is 6.48. The van der Waals surface area contributed by atoms with E-state index < -0.39 is 17.8 Å². The number of benzene rings is 3. The molecule has 1 fully saturated rings. The second-order valence-corrected chi connectivity index (χ2v) is 9.20. The Morgan fingerprint density at radius 1 is 0.947 bits per heavy atom. The molecule has 202 valence electrons. The van der Waals surface area contributed by atoms with Crippen LogP contribution in [-0.4, -0.2) is 49.1 Å². The Bertz CT molecular complexity index is 1200. The first-order valence-electron chi connectivity index (χ1n) is 12.6. The van der Waals surface area contributed by atoms with Gasteiger partial charge in [0.25, 0.3) is 0 Å². The lowest BCUT2D eigenvalue weighted by molar-refractivity contribution is -0.136. The van der Waals surface area contributed by atoms with Gasteiger partial charge in [0.15, 0.2) is 11.5 Å². The van der Waals surface area contributed by atoms with Crippen LogP contribution in [0.5, 0.6) is 11.5 Å². The number of carbonyl (C=O) groups is 1. The molecule has 4 rings (SSSR count). The molecule has 0 radical (unpaired) electrons. The van der Waals surface area contributed by atoms with Gasteiger partial charge in [-0.3, -0.25) is 0 Å². The maximum absolute atomic E-state index is 13.5. The van der Waals surface area contributed by atoms with Crippen LogP contribution in [0.25, 0.3) is 0 Å². The number of ether oxygens (including phenoxy) is 2. The number of nitrogens with zero attached hydrogens (tertiary/aromatic N) is 2. The molecule has 1 aliphatic rings. The monoisotopic (exact) mass is 527 g/mol. The highest BCUT2D eigenvalue weighted by atomic mass is 19.4. The Labute approximate surface area is 221 Å². The van der Waals surface area contributed by atoms with Crippen molar-refractivity contribution < 1.29 is 27.4 Å². The minimum absolute atomic E-state index is 0.194. The van der Waals surface area contributed by atoms with Crippen molar-refractivity contribution in [2.24, 2.45) is 0 Å². The summed E-state index contributed by atoms with van der Waals surface area (Å²) in [6, 6.07) is 19.5. The molecule has 1 saturated heterocycles. The zero-order valence-electron chi connectivity index (χ0n) is 21.3. The van der Waals surface area contributed by atoms with Crippen LogP contribution in [0.1, 0.15) is 29.5 Å². The number of halogens is 3. The average Bonchev–Trinajstić information content (AvgIpc) is 3.44. The normalized spacial score (nSPS) is 13.8. The summed E-state index contributed by atoms with van der Waals surface area (Å²) in [5.41, 5.74) is 0.621. The Hall–Kier alpha value is -3.72. The van der Waals surface area contributed by atoms with E-state index in [1.807, 2.05) is 42.5 Å². The quantitative estimate of drug-likeness (QED) is 0.331. The molecule has 0 aromatic heterocycles. The molecule has 0 saturated carbocycles. The van der Waals surface area contributed by atoms with Crippen molar-refractivity contribution >= 4 is 11.7 Å². The van der Waals surface area contributed by atoms with E-state index in [0.717, 1.165) is 43.1 Å². The molecule has 3 aromatic rings. The largest absolute Gasteiger partial charge is 0.493 e. The van der Waals surface area contributed by atoms with Gasteiger partial charge in [0.1, 0.15) is 6.61 Å². The molecule has 0 unspecified atom stereocenters. The van der Waals surface area contributed by atoms with Crippen molar-refractivity contribution in [1.29, 1.82) is 0 Å². The molecule has 0 aliphatic carbocycles. The highest BCUT2D eigenvalue weighted by Gasteiger charge is 2.34. The number of likely N-dealkylation sites (tertiary alicyclic amines) is 1. The topological polar surface area (TPSA) is 54.0 Å². The van der Waals surface area contributed by atoms with Gasteiger partial charge < -0.3 is 24.6 Å². The van der Waals surface area contributed by atoms with E-state index >= 15 is 0 Å². The fraction of sp³-hybridized carbons (Fsp3) is 0.345. The summed E-state index contributed by atoms with van der Waals surface area (Å²) in [5, 5.41) is 2.49. The molecule has 38 heavy (non-hydrogen) atoms. The first kappa shape index (κ1) is 27.3. The van der Waals surface area contributed by atoms with Crippen LogP contribution in [0.3, 0.4) is 0 Å². The molecule has 0 spiro atoms. The number of urea groups is 1. The molecular weight excluding hydrogens is 495 g/mol. The van der Waals surface area contributed by atoms with Gasteiger partial charge in [-0.2, -0.15) is 13.2 Å². The van der Waals surface area contributed by atoms with Gasteiger partial charge in [-0.25, -0.2) is 4.79 Å². The van der Waals surface area contributed by atoms with Gasteiger partial charge >= 0.3 is 12.2 Å². The maximum Gasteiger partial charge on any atom is 0.418 e. The summed E-state index contributed by atoms with van der Waals surface area (Å²) in [6.45, 7) is 3.44. The minimum atomic E-state index is -4.58. The maximum atomic E-state index is 13.5. The van der Waals surface area contributed by atoms with E-state index in [9.17, 15) is 18.0 Å². The summed E-state index contributed by atoms with van der Waals surface area (Å²) in [5.74, 6) is 1.08. The fourth-order valence-corrected chi connectivity index (χ4v) is 4.44. The second-order valence-electron chi connectivity index (χ2n) is 9.20. The predicted octanol–water partition coefficient (Wildman–Crippen LogP) is 6.42. The van der Waals surface area contributed by atoms with Gasteiger partial charge in [0, 0.05) is 19.6 Å². The number of para-hydroxylation sites is 1. The average molecular weight is 528 g/mol. The molecule has 1 heterocycles. The predicted molar refractivity (Wildman–Crippen MR) is 140 cm³/mol. The van der Waals surface area contributed by atoms with Gasteiger partial charge in [0.2, 0.25) is 0 Å². The van der Waals surface area contributed by atoms with Crippen LogP contribution in [0, 0.1) is 0 Å². The van der Waals surface area contributed by atoms with Crippen molar-refractivity contribution in [3.63, 3.8) is 0 Å². The first-order chi connectivity index (χ1) is 18.3. The molecular formula is C29H32F3N3O3. The summed E-state index contributed by atoms with van der Waals surface area (Å²) in [4.78, 5) is 17.1. The Kier molecular flexibility index (Phi) is 9.12. The summed E-state index contributed by atoms with van der Waals surface area (Å²) >= 11 is 0. The molecule has 6 nitrogen and oxygen atoms in total. The molecule has 0 atom stereocenters. The van der Waals surface area contributed by atoms with Crippen LogP contribution in [-0.2, 0) is 19.3 Å². The van der Waals surface area contributed by atoms with Crippen molar-refractivity contribution in [2.45, 2.75) is 32.2 Å². The van der Waals surface area contributed by atoms with E-state index in [0.29, 0.717) is 31.2 Å². The summed E-state index contributed by atoms with van der Waals surface area (Å²) < 4.78 is 52.0. The molecule has 2 amide bonds. The SMILES string of the molecule is COc1ccc(CN(CCN2CCCC2)C(=O)Nc2ccccc2C(F)(F)F)cc1OCc1ccccc1. The molecule has 9 heteroatoms. The number of nitrogens with one attached hydrogen (secondary N) is 1. The highest BCUT2D eigenvalue weighted by Crippen LogP contribution is 2.35. The Morgan fingerprint density at radius 3 is 2.37 bits per heavy atom. The van der Waals surface area contributed by atoms with E-state index in [4.69, 9.17) is 9.47 Å². The number of alkyl halides is 3. The van der Waals surface area contributed by atoms with Crippen LogP contribution in [0.15, 0.2) is 72.8 Å². The molecule has 3 aromatic carbocycles. The summed E-state index contributed by atoms with van der Waals surface area (Å²) in [7, 11) is 1.55. The summed E-state index contributed by atoms with van der Waals surface area (Å²) in [6.07, 6.45) is -2.37. The molecule has 1 aliphatic heterocycles. The third-order valence-corrected chi connectivity index (χ3v) is 6.48. The second kappa shape index (κ2) is 12.7. The zero-order valence-corrected chi connectivity index (χ0v) is 21.3.